The van der Waals surface area contributed by atoms with Crippen molar-refractivity contribution in [2.45, 2.75) is 30.4 Å². The number of carbonyl (C=O) groups excluding carboxylic acids is 1. The van der Waals surface area contributed by atoms with Gasteiger partial charge in [-0.05, 0) is 63.2 Å². The predicted molar refractivity (Wildman–Crippen MR) is 141 cm³/mol. The number of thiazole rings is 1. The van der Waals surface area contributed by atoms with Crippen LogP contribution in [0.3, 0.4) is 0 Å². The van der Waals surface area contributed by atoms with Gasteiger partial charge in [-0.15, -0.1) is 11.3 Å². The van der Waals surface area contributed by atoms with Crippen LogP contribution in [-0.4, -0.2) is 68.8 Å². The van der Waals surface area contributed by atoms with E-state index in [1.807, 2.05) is 25.1 Å². The summed E-state index contributed by atoms with van der Waals surface area (Å²) in [6.45, 7) is 4.01. The van der Waals surface area contributed by atoms with E-state index < -0.39 is 10.0 Å². The summed E-state index contributed by atoms with van der Waals surface area (Å²) < 4.78 is 29.1. The molecule has 0 spiro atoms. The maximum atomic E-state index is 13.6. The number of nitrogens with zero attached hydrogens (tertiary/aromatic N) is 4. The summed E-state index contributed by atoms with van der Waals surface area (Å²) in [5.74, 6) is -0.216. The van der Waals surface area contributed by atoms with Crippen molar-refractivity contribution in [1.82, 2.24) is 14.2 Å². The van der Waals surface area contributed by atoms with Crippen LogP contribution in [0.25, 0.3) is 10.2 Å². The Morgan fingerprint density at radius 1 is 1.15 bits per heavy atom. The monoisotopic (exact) mass is 540 g/mol. The molecule has 2 aromatic heterocycles. The van der Waals surface area contributed by atoms with E-state index >= 15 is 0 Å². The van der Waals surface area contributed by atoms with Gasteiger partial charge in [-0.2, -0.15) is 4.31 Å². The SMILES string of the molecule is CCc1ccc2nc(N(CCN(C)C)C(=O)C3CCN(S(=O)(=O)c4ccc(Cl)s4)CC3)sc2c1. The maximum absolute atomic E-state index is 13.6. The molecule has 34 heavy (non-hydrogen) atoms. The molecule has 0 N–H and O–H groups in total. The molecule has 1 aliphatic heterocycles. The Kier molecular flexibility index (Phi) is 7.95. The van der Waals surface area contributed by atoms with Crippen molar-refractivity contribution in [1.29, 1.82) is 0 Å². The van der Waals surface area contributed by atoms with Gasteiger partial charge in [-0.25, -0.2) is 13.4 Å². The zero-order valence-corrected chi connectivity index (χ0v) is 22.7. The van der Waals surface area contributed by atoms with Gasteiger partial charge in [0.15, 0.2) is 5.13 Å². The van der Waals surface area contributed by atoms with Crippen LogP contribution in [0.5, 0.6) is 0 Å². The number of thiophene rings is 1. The van der Waals surface area contributed by atoms with Crippen LogP contribution in [0, 0.1) is 5.92 Å². The highest BCUT2D eigenvalue weighted by atomic mass is 35.5. The zero-order chi connectivity index (χ0) is 24.5. The molecule has 3 heterocycles. The van der Waals surface area contributed by atoms with Crippen LogP contribution in [0.4, 0.5) is 5.13 Å². The van der Waals surface area contributed by atoms with E-state index in [2.05, 4.69) is 19.1 Å². The van der Waals surface area contributed by atoms with E-state index in [4.69, 9.17) is 16.6 Å². The highest BCUT2D eigenvalue weighted by molar-refractivity contribution is 7.91. The van der Waals surface area contributed by atoms with E-state index in [1.165, 1.54) is 9.87 Å². The molecule has 0 saturated carbocycles. The van der Waals surface area contributed by atoms with E-state index in [9.17, 15) is 13.2 Å². The number of benzene rings is 1. The largest absolute Gasteiger partial charge is 0.308 e. The molecule has 1 fully saturated rings. The number of aromatic nitrogens is 1. The summed E-state index contributed by atoms with van der Waals surface area (Å²) in [5.41, 5.74) is 2.14. The van der Waals surface area contributed by atoms with Crippen LogP contribution in [-0.2, 0) is 21.2 Å². The summed E-state index contributed by atoms with van der Waals surface area (Å²) in [6, 6.07) is 9.38. The molecule has 11 heteroatoms. The summed E-state index contributed by atoms with van der Waals surface area (Å²) in [7, 11) is 0.379. The maximum Gasteiger partial charge on any atom is 0.252 e. The first-order valence-electron chi connectivity index (χ1n) is 11.3. The average molecular weight is 541 g/mol. The summed E-state index contributed by atoms with van der Waals surface area (Å²) in [6.07, 6.45) is 1.92. The Labute approximate surface area is 214 Å². The number of hydrogen-bond acceptors (Lipinski definition) is 7. The van der Waals surface area contributed by atoms with Gasteiger partial charge < -0.3 is 4.90 Å². The van der Waals surface area contributed by atoms with Crippen molar-refractivity contribution >= 4 is 65.6 Å². The van der Waals surface area contributed by atoms with Gasteiger partial charge in [0, 0.05) is 32.1 Å². The van der Waals surface area contributed by atoms with Crippen molar-refractivity contribution < 1.29 is 13.2 Å². The second-order valence-electron chi connectivity index (χ2n) is 8.68. The standard InChI is InChI=1S/C23H29ClN4O3S3/c1-4-16-5-6-18-19(15-16)32-23(25-18)28(14-13-26(2)3)22(29)17-9-11-27(12-10-17)34(30,31)21-8-7-20(24)33-21/h5-8,15,17H,4,9-14H2,1-3H3. The first kappa shape index (κ1) is 25.5. The van der Waals surface area contributed by atoms with Crippen molar-refractivity contribution in [2.24, 2.45) is 5.92 Å². The van der Waals surface area contributed by atoms with E-state index in [-0.39, 0.29) is 16.0 Å². The van der Waals surface area contributed by atoms with Crippen molar-refractivity contribution in [3.05, 3.63) is 40.2 Å². The quantitative estimate of drug-likeness (QED) is 0.418. The Bertz CT molecular complexity index is 1260. The van der Waals surface area contributed by atoms with Gasteiger partial charge in [0.1, 0.15) is 4.21 Å². The smallest absolute Gasteiger partial charge is 0.252 e. The number of carbonyl (C=O) groups is 1. The molecule has 7 nitrogen and oxygen atoms in total. The molecule has 1 amide bonds. The van der Waals surface area contributed by atoms with Gasteiger partial charge in [-0.1, -0.05) is 35.9 Å². The number of likely N-dealkylation sites (N-methyl/N-ethyl adjacent to an activating group) is 1. The third kappa shape index (κ3) is 5.47. The molecule has 3 aromatic rings. The number of rotatable bonds is 8. The Morgan fingerprint density at radius 3 is 2.50 bits per heavy atom. The molecule has 1 aliphatic rings. The minimum atomic E-state index is -3.58. The fraction of sp³-hybridized carbons (Fsp3) is 0.478. The molecular weight excluding hydrogens is 512 g/mol. The second kappa shape index (κ2) is 10.6. The zero-order valence-electron chi connectivity index (χ0n) is 19.5. The summed E-state index contributed by atoms with van der Waals surface area (Å²) >= 11 is 8.54. The van der Waals surface area contributed by atoms with Gasteiger partial charge in [0.2, 0.25) is 5.91 Å². The molecule has 0 unspecified atom stereocenters. The Morgan fingerprint density at radius 2 is 1.88 bits per heavy atom. The molecule has 0 radical (unpaired) electrons. The van der Waals surface area contributed by atoms with Crippen LogP contribution in [0.2, 0.25) is 4.34 Å². The normalized spacial score (nSPS) is 15.9. The number of piperidine rings is 1. The number of fused-ring (bicyclic) bond motifs is 1. The van der Waals surface area contributed by atoms with Crippen molar-refractivity contribution in [3.8, 4) is 0 Å². The van der Waals surface area contributed by atoms with Crippen LogP contribution >= 0.6 is 34.3 Å². The molecule has 1 saturated heterocycles. The molecule has 184 valence electrons. The number of aryl methyl sites for hydroxylation is 1. The fourth-order valence-corrected chi connectivity index (χ4v) is 8.19. The van der Waals surface area contributed by atoms with Crippen LogP contribution < -0.4 is 4.90 Å². The third-order valence-electron chi connectivity index (χ3n) is 6.06. The molecular formula is C23H29ClN4O3S3. The first-order valence-corrected chi connectivity index (χ1v) is 14.7. The number of anilines is 1. The van der Waals surface area contributed by atoms with E-state index in [0.717, 1.165) is 28.0 Å². The van der Waals surface area contributed by atoms with Crippen molar-refractivity contribution in [3.63, 3.8) is 0 Å². The van der Waals surface area contributed by atoms with Gasteiger partial charge in [0.05, 0.1) is 14.6 Å². The lowest BCUT2D eigenvalue weighted by molar-refractivity contribution is -0.123. The third-order valence-corrected chi connectivity index (χ3v) is 10.7. The van der Waals surface area contributed by atoms with Crippen LogP contribution in [0.1, 0.15) is 25.3 Å². The number of amides is 1. The van der Waals surface area contributed by atoms with Gasteiger partial charge in [0.25, 0.3) is 10.0 Å². The molecule has 0 bridgehead atoms. The molecule has 4 rings (SSSR count). The lowest BCUT2D eigenvalue weighted by atomic mass is 9.96. The lowest BCUT2D eigenvalue weighted by Gasteiger charge is -2.33. The first-order chi connectivity index (χ1) is 16.2. The van der Waals surface area contributed by atoms with Gasteiger partial charge >= 0.3 is 0 Å². The predicted octanol–water partition coefficient (Wildman–Crippen LogP) is 4.57. The molecule has 1 aromatic carbocycles. The number of sulfonamides is 1. The topological polar surface area (TPSA) is 73.8 Å². The van der Waals surface area contributed by atoms with E-state index in [0.29, 0.717) is 48.5 Å². The number of halogens is 1. The Balaban J connectivity index is 1.51. The highest BCUT2D eigenvalue weighted by Gasteiger charge is 2.35. The Hall–Kier alpha value is -1.56. The van der Waals surface area contributed by atoms with E-state index in [1.54, 1.807) is 28.4 Å². The van der Waals surface area contributed by atoms with Crippen LogP contribution in [0.15, 0.2) is 34.5 Å². The minimum Gasteiger partial charge on any atom is -0.308 e. The molecule has 0 aliphatic carbocycles. The second-order valence-corrected chi connectivity index (χ2v) is 13.6. The summed E-state index contributed by atoms with van der Waals surface area (Å²) in [4.78, 5) is 22.2. The van der Waals surface area contributed by atoms with Crippen molar-refractivity contribution in [2.75, 3.05) is 45.2 Å². The lowest BCUT2D eigenvalue weighted by Crippen LogP contribution is -2.45. The molecule has 0 atom stereocenters. The number of hydrogen-bond donors (Lipinski definition) is 0. The average Bonchev–Trinajstić information content (AvgIpc) is 3.45. The highest BCUT2D eigenvalue weighted by Crippen LogP contribution is 2.34. The van der Waals surface area contributed by atoms with Gasteiger partial charge in [-0.3, -0.25) is 9.69 Å². The summed E-state index contributed by atoms with van der Waals surface area (Å²) in [5, 5.41) is 0.707. The minimum absolute atomic E-state index is 0.0211. The fourth-order valence-electron chi connectivity index (χ4n) is 4.02.